The minimum absolute atomic E-state index is 0.174. The Morgan fingerprint density at radius 1 is 1.44 bits per heavy atom. The Labute approximate surface area is 96.0 Å². The molecule has 1 aromatic rings. The fourth-order valence-electron chi connectivity index (χ4n) is 2.49. The third-order valence-corrected chi connectivity index (χ3v) is 3.36. The lowest BCUT2D eigenvalue weighted by molar-refractivity contribution is 0.352. The molecule has 0 radical (unpaired) electrons. The second-order valence-electron chi connectivity index (χ2n) is 4.45. The van der Waals surface area contributed by atoms with Crippen molar-refractivity contribution in [1.82, 2.24) is 5.32 Å². The SMILES string of the molecule is NCC(c1cccc(F)c1)C1CCCCN1. The van der Waals surface area contributed by atoms with E-state index in [0.717, 1.165) is 18.5 Å². The molecule has 1 aliphatic heterocycles. The number of piperidine rings is 1. The zero-order valence-electron chi connectivity index (χ0n) is 9.45. The molecule has 0 spiro atoms. The predicted molar refractivity (Wildman–Crippen MR) is 63.8 cm³/mol. The third kappa shape index (κ3) is 2.60. The van der Waals surface area contributed by atoms with Gasteiger partial charge in [0.2, 0.25) is 0 Å². The molecule has 3 N–H and O–H groups in total. The molecule has 1 fully saturated rings. The topological polar surface area (TPSA) is 38.0 Å². The molecule has 0 amide bonds. The summed E-state index contributed by atoms with van der Waals surface area (Å²) in [6.45, 7) is 1.62. The fraction of sp³-hybridized carbons (Fsp3) is 0.538. The number of rotatable bonds is 3. The molecule has 0 aromatic heterocycles. The number of halogens is 1. The van der Waals surface area contributed by atoms with Crippen LogP contribution in [0.15, 0.2) is 24.3 Å². The average molecular weight is 222 g/mol. The largest absolute Gasteiger partial charge is 0.330 e. The van der Waals surface area contributed by atoms with Crippen molar-refractivity contribution in [2.24, 2.45) is 5.73 Å². The number of benzene rings is 1. The zero-order chi connectivity index (χ0) is 11.4. The molecule has 2 unspecified atom stereocenters. The number of nitrogens with two attached hydrogens (primary N) is 1. The summed E-state index contributed by atoms with van der Waals surface area (Å²) in [7, 11) is 0. The van der Waals surface area contributed by atoms with E-state index in [2.05, 4.69) is 5.32 Å². The molecule has 1 aromatic carbocycles. The van der Waals surface area contributed by atoms with Gasteiger partial charge in [-0.05, 0) is 37.1 Å². The van der Waals surface area contributed by atoms with Crippen LogP contribution in [-0.4, -0.2) is 19.1 Å². The highest BCUT2D eigenvalue weighted by atomic mass is 19.1. The highest BCUT2D eigenvalue weighted by Gasteiger charge is 2.23. The zero-order valence-corrected chi connectivity index (χ0v) is 9.45. The maximum absolute atomic E-state index is 13.2. The molecule has 1 saturated heterocycles. The molecular weight excluding hydrogens is 203 g/mol. The van der Waals surface area contributed by atoms with Gasteiger partial charge >= 0.3 is 0 Å². The van der Waals surface area contributed by atoms with Crippen molar-refractivity contribution in [3.63, 3.8) is 0 Å². The summed E-state index contributed by atoms with van der Waals surface area (Å²) in [5.41, 5.74) is 6.84. The Balaban J connectivity index is 2.14. The van der Waals surface area contributed by atoms with E-state index in [0.29, 0.717) is 12.6 Å². The van der Waals surface area contributed by atoms with Crippen molar-refractivity contribution in [2.75, 3.05) is 13.1 Å². The van der Waals surface area contributed by atoms with Crippen molar-refractivity contribution >= 4 is 0 Å². The maximum Gasteiger partial charge on any atom is 0.123 e. The second kappa shape index (κ2) is 5.41. The third-order valence-electron chi connectivity index (χ3n) is 3.36. The van der Waals surface area contributed by atoms with E-state index in [1.807, 2.05) is 6.07 Å². The molecule has 2 atom stereocenters. The van der Waals surface area contributed by atoms with Crippen LogP contribution in [0.25, 0.3) is 0 Å². The lowest BCUT2D eigenvalue weighted by Gasteiger charge is -2.31. The average Bonchev–Trinajstić information content (AvgIpc) is 2.31. The Bertz CT molecular complexity index is 334. The monoisotopic (exact) mass is 222 g/mol. The lowest BCUT2D eigenvalue weighted by atomic mass is 9.86. The Hall–Kier alpha value is -0.930. The van der Waals surface area contributed by atoms with Crippen LogP contribution in [-0.2, 0) is 0 Å². The van der Waals surface area contributed by atoms with E-state index < -0.39 is 0 Å². The molecule has 16 heavy (non-hydrogen) atoms. The van der Waals surface area contributed by atoms with Crippen LogP contribution in [0.2, 0.25) is 0 Å². The molecule has 0 saturated carbocycles. The van der Waals surface area contributed by atoms with Crippen LogP contribution >= 0.6 is 0 Å². The van der Waals surface area contributed by atoms with E-state index in [4.69, 9.17) is 5.73 Å². The minimum Gasteiger partial charge on any atom is -0.330 e. The molecular formula is C13H19FN2. The molecule has 0 bridgehead atoms. The van der Waals surface area contributed by atoms with Crippen molar-refractivity contribution in [1.29, 1.82) is 0 Å². The summed E-state index contributed by atoms with van der Waals surface area (Å²) in [4.78, 5) is 0. The summed E-state index contributed by atoms with van der Waals surface area (Å²) in [6, 6.07) is 7.22. The fourth-order valence-corrected chi connectivity index (χ4v) is 2.49. The number of nitrogens with one attached hydrogen (secondary N) is 1. The number of hydrogen-bond acceptors (Lipinski definition) is 2. The Kier molecular flexibility index (Phi) is 3.91. The van der Waals surface area contributed by atoms with Gasteiger partial charge in [-0.25, -0.2) is 4.39 Å². The number of hydrogen-bond donors (Lipinski definition) is 2. The molecule has 2 nitrogen and oxygen atoms in total. The van der Waals surface area contributed by atoms with Gasteiger partial charge in [-0.3, -0.25) is 0 Å². The summed E-state index contributed by atoms with van der Waals surface area (Å²) in [6.07, 6.45) is 3.61. The van der Waals surface area contributed by atoms with Crippen LogP contribution in [0.3, 0.4) is 0 Å². The summed E-state index contributed by atoms with van der Waals surface area (Å²) in [5.74, 6) is 0.0581. The van der Waals surface area contributed by atoms with Gasteiger partial charge in [0.05, 0.1) is 0 Å². The van der Waals surface area contributed by atoms with Crippen molar-refractivity contribution in [3.8, 4) is 0 Å². The quantitative estimate of drug-likeness (QED) is 0.821. The van der Waals surface area contributed by atoms with Crippen molar-refractivity contribution in [2.45, 2.75) is 31.2 Å². The summed E-state index contributed by atoms with van der Waals surface area (Å²) in [5, 5.41) is 3.49. The first-order chi connectivity index (χ1) is 7.81. The maximum atomic E-state index is 13.2. The molecule has 1 aliphatic rings. The first-order valence-electron chi connectivity index (χ1n) is 6.00. The standard InChI is InChI=1S/C13H19FN2/c14-11-5-3-4-10(8-11)12(9-15)13-6-1-2-7-16-13/h3-5,8,12-13,16H,1-2,6-7,9,15H2. The van der Waals surface area contributed by atoms with Gasteiger partial charge in [0.15, 0.2) is 0 Å². The molecule has 1 heterocycles. The molecule has 2 rings (SSSR count). The summed E-state index contributed by atoms with van der Waals surface area (Å²) < 4.78 is 13.2. The highest BCUT2D eigenvalue weighted by Crippen LogP contribution is 2.24. The van der Waals surface area contributed by atoms with Gasteiger partial charge in [-0.15, -0.1) is 0 Å². The van der Waals surface area contributed by atoms with Crippen molar-refractivity contribution < 1.29 is 4.39 Å². The molecule has 3 heteroatoms. The van der Waals surface area contributed by atoms with E-state index in [-0.39, 0.29) is 11.7 Å². The smallest absolute Gasteiger partial charge is 0.123 e. The summed E-state index contributed by atoms with van der Waals surface area (Å²) >= 11 is 0. The van der Waals surface area contributed by atoms with E-state index in [9.17, 15) is 4.39 Å². The van der Waals surface area contributed by atoms with Gasteiger partial charge in [-0.2, -0.15) is 0 Å². The van der Waals surface area contributed by atoms with Gasteiger partial charge in [-0.1, -0.05) is 18.6 Å². The van der Waals surface area contributed by atoms with Crippen LogP contribution in [0, 0.1) is 5.82 Å². The van der Waals surface area contributed by atoms with E-state index >= 15 is 0 Å². The first-order valence-corrected chi connectivity index (χ1v) is 6.00. The first kappa shape index (κ1) is 11.6. The van der Waals surface area contributed by atoms with Gasteiger partial charge in [0.25, 0.3) is 0 Å². The second-order valence-corrected chi connectivity index (χ2v) is 4.45. The van der Waals surface area contributed by atoms with Crippen LogP contribution in [0.4, 0.5) is 4.39 Å². The van der Waals surface area contributed by atoms with E-state index in [1.54, 1.807) is 12.1 Å². The minimum atomic E-state index is -0.174. The van der Waals surface area contributed by atoms with Crippen molar-refractivity contribution in [3.05, 3.63) is 35.6 Å². The van der Waals surface area contributed by atoms with Crippen LogP contribution < -0.4 is 11.1 Å². The molecule has 0 aliphatic carbocycles. The van der Waals surface area contributed by atoms with Crippen LogP contribution in [0.1, 0.15) is 30.7 Å². The lowest BCUT2D eigenvalue weighted by Crippen LogP contribution is -2.41. The van der Waals surface area contributed by atoms with Gasteiger partial charge < -0.3 is 11.1 Å². The predicted octanol–water partition coefficient (Wildman–Crippen LogP) is 2.01. The van der Waals surface area contributed by atoms with Gasteiger partial charge in [0.1, 0.15) is 5.82 Å². The molecule has 88 valence electrons. The van der Waals surface area contributed by atoms with E-state index in [1.165, 1.54) is 18.9 Å². The Morgan fingerprint density at radius 2 is 2.31 bits per heavy atom. The highest BCUT2D eigenvalue weighted by molar-refractivity contribution is 5.23. The normalized spacial score (nSPS) is 23.0. The van der Waals surface area contributed by atoms with Crippen LogP contribution in [0.5, 0.6) is 0 Å². The Morgan fingerprint density at radius 3 is 2.94 bits per heavy atom. The van der Waals surface area contributed by atoms with Gasteiger partial charge in [0, 0.05) is 18.5 Å².